The van der Waals surface area contributed by atoms with Crippen molar-refractivity contribution in [2.24, 2.45) is 5.92 Å². The number of amides is 1. The van der Waals surface area contributed by atoms with Gasteiger partial charge in [-0.3, -0.25) is 4.79 Å². The van der Waals surface area contributed by atoms with Crippen LogP contribution in [0.3, 0.4) is 0 Å². The van der Waals surface area contributed by atoms with Crippen molar-refractivity contribution >= 4 is 5.91 Å². The third-order valence-corrected chi connectivity index (χ3v) is 3.79. The van der Waals surface area contributed by atoms with Crippen molar-refractivity contribution in [2.75, 3.05) is 13.2 Å². The molecular formula is C16H21NO3. The van der Waals surface area contributed by atoms with Gasteiger partial charge in [-0.1, -0.05) is 6.07 Å². The first-order chi connectivity index (χ1) is 9.65. The largest absolute Gasteiger partial charge is 0.486 e. The zero-order chi connectivity index (χ0) is 14.1. The maximum Gasteiger partial charge on any atom is 0.226 e. The van der Waals surface area contributed by atoms with Gasteiger partial charge in [-0.15, -0.1) is 0 Å². The first kappa shape index (κ1) is 13.3. The molecule has 1 aromatic rings. The third kappa shape index (κ3) is 2.74. The molecule has 1 saturated carbocycles. The Morgan fingerprint density at radius 1 is 1.25 bits per heavy atom. The molecule has 4 heteroatoms. The minimum atomic E-state index is 0.219. The predicted octanol–water partition coefficient (Wildman–Crippen LogP) is 2.60. The Morgan fingerprint density at radius 3 is 2.60 bits per heavy atom. The second-order valence-corrected chi connectivity index (χ2v) is 5.81. The topological polar surface area (TPSA) is 38.8 Å². The van der Waals surface area contributed by atoms with Gasteiger partial charge in [0.2, 0.25) is 5.91 Å². The summed E-state index contributed by atoms with van der Waals surface area (Å²) in [6.07, 6.45) is 2.09. The van der Waals surface area contributed by atoms with Crippen LogP contribution in [0.2, 0.25) is 0 Å². The van der Waals surface area contributed by atoms with Gasteiger partial charge in [0.15, 0.2) is 11.5 Å². The molecule has 1 aliphatic carbocycles. The SMILES string of the molecule is CC(C)N(Cc1ccc2c(c1)OCCO2)C(=O)C1CC1. The fourth-order valence-electron chi connectivity index (χ4n) is 2.46. The maximum absolute atomic E-state index is 12.3. The zero-order valence-corrected chi connectivity index (χ0v) is 12.1. The van der Waals surface area contributed by atoms with E-state index < -0.39 is 0 Å². The van der Waals surface area contributed by atoms with Gasteiger partial charge in [0, 0.05) is 18.5 Å². The molecule has 0 aromatic heterocycles. The highest BCUT2D eigenvalue weighted by Gasteiger charge is 2.34. The number of carbonyl (C=O) groups is 1. The van der Waals surface area contributed by atoms with Gasteiger partial charge in [-0.2, -0.15) is 0 Å². The minimum absolute atomic E-state index is 0.219. The maximum atomic E-state index is 12.3. The van der Waals surface area contributed by atoms with E-state index in [-0.39, 0.29) is 17.9 Å². The van der Waals surface area contributed by atoms with Crippen molar-refractivity contribution in [3.05, 3.63) is 23.8 Å². The molecule has 0 N–H and O–H groups in total. The standard InChI is InChI=1S/C16H21NO3/c1-11(2)17(16(18)13-4-5-13)10-12-3-6-14-15(9-12)20-8-7-19-14/h3,6,9,11,13H,4-5,7-8,10H2,1-2H3. The molecule has 0 saturated heterocycles. The zero-order valence-electron chi connectivity index (χ0n) is 12.1. The van der Waals surface area contributed by atoms with Gasteiger partial charge in [-0.25, -0.2) is 0 Å². The van der Waals surface area contributed by atoms with Crippen molar-refractivity contribution in [1.29, 1.82) is 0 Å². The molecule has 1 heterocycles. The molecule has 3 rings (SSSR count). The number of carbonyl (C=O) groups excluding carboxylic acids is 1. The number of hydrogen-bond donors (Lipinski definition) is 0. The molecule has 0 spiro atoms. The third-order valence-electron chi connectivity index (χ3n) is 3.79. The predicted molar refractivity (Wildman–Crippen MR) is 75.8 cm³/mol. The molecule has 0 radical (unpaired) electrons. The number of nitrogens with zero attached hydrogens (tertiary/aromatic N) is 1. The fraction of sp³-hybridized carbons (Fsp3) is 0.562. The molecule has 108 valence electrons. The van der Waals surface area contributed by atoms with Gasteiger partial charge in [-0.05, 0) is 44.4 Å². The highest BCUT2D eigenvalue weighted by molar-refractivity contribution is 5.81. The van der Waals surface area contributed by atoms with Crippen LogP contribution in [0, 0.1) is 5.92 Å². The summed E-state index contributed by atoms with van der Waals surface area (Å²) < 4.78 is 11.1. The molecule has 1 amide bonds. The average molecular weight is 275 g/mol. The van der Waals surface area contributed by atoms with Crippen LogP contribution in [0.5, 0.6) is 11.5 Å². The molecule has 4 nitrogen and oxygen atoms in total. The van der Waals surface area contributed by atoms with Crippen LogP contribution in [0.25, 0.3) is 0 Å². The van der Waals surface area contributed by atoms with E-state index in [4.69, 9.17) is 9.47 Å². The second-order valence-electron chi connectivity index (χ2n) is 5.81. The molecule has 1 fully saturated rings. The molecule has 1 aliphatic heterocycles. The highest BCUT2D eigenvalue weighted by Crippen LogP contribution is 2.34. The van der Waals surface area contributed by atoms with Crippen molar-refractivity contribution < 1.29 is 14.3 Å². The second kappa shape index (κ2) is 5.35. The van der Waals surface area contributed by atoms with Crippen LogP contribution in [0.4, 0.5) is 0 Å². The Hall–Kier alpha value is -1.71. The van der Waals surface area contributed by atoms with Crippen LogP contribution in [-0.2, 0) is 11.3 Å². The van der Waals surface area contributed by atoms with E-state index in [1.165, 1.54) is 0 Å². The molecule has 0 unspecified atom stereocenters. The molecular weight excluding hydrogens is 254 g/mol. The first-order valence-electron chi connectivity index (χ1n) is 7.34. The monoisotopic (exact) mass is 275 g/mol. The summed E-state index contributed by atoms with van der Waals surface area (Å²) in [6, 6.07) is 6.16. The molecule has 0 bridgehead atoms. The number of benzene rings is 1. The van der Waals surface area contributed by atoms with Crippen molar-refractivity contribution in [1.82, 2.24) is 4.90 Å². The van der Waals surface area contributed by atoms with Gasteiger partial charge in [0.1, 0.15) is 13.2 Å². The minimum Gasteiger partial charge on any atom is -0.486 e. The molecule has 0 atom stereocenters. The Morgan fingerprint density at radius 2 is 1.95 bits per heavy atom. The van der Waals surface area contributed by atoms with E-state index in [2.05, 4.69) is 13.8 Å². The van der Waals surface area contributed by atoms with E-state index in [1.807, 2.05) is 23.1 Å². The first-order valence-corrected chi connectivity index (χ1v) is 7.34. The lowest BCUT2D eigenvalue weighted by Crippen LogP contribution is -2.37. The summed E-state index contributed by atoms with van der Waals surface area (Å²) in [5.41, 5.74) is 1.09. The Bertz CT molecular complexity index is 508. The Balaban J connectivity index is 1.76. The fourth-order valence-corrected chi connectivity index (χ4v) is 2.46. The lowest BCUT2D eigenvalue weighted by Gasteiger charge is -2.27. The summed E-state index contributed by atoms with van der Waals surface area (Å²) >= 11 is 0. The van der Waals surface area contributed by atoms with E-state index in [1.54, 1.807) is 0 Å². The Labute approximate surface area is 119 Å². The summed E-state index contributed by atoms with van der Waals surface area (Å²) in [4.78, 5) is 14.3. The average Bonchev–Trinajstić information content (AvgIpc) is 3.28. The molecule has 1 aromatic carbocycles. The van der Waals surface area contributed by atoms with Gasteiger partial charge in [0.05, 0.1) is 0 Å². The van der Waals surface area contributed by atoms with Crippen LogP contribution >= 0.6 is 0 Å². The van der Waals surface area contributed by atoms with Crippen molar-refractivity contribution in [2.45, 2.75) is 39.3 Å². The number of hydrogen-bond acceptors (Lipinski definition) is 3. The van der Waals surface area contributed by atoms with E-state index in [9.17, 15) is 4.79 Å². The van der Waals surface area contributed by atoms with Gasteiger partial charge in [0.25, 0.3) is 0 Å². The number of ether oxygens (including phenoxy) is 2. The molecule has 20 heavy (non-hydrogen) atoms. The van der Waals surface area contributed by atoms with Gasteiger partial charge < -0.3 is 14.4 Å². The lowest BCUT2D eigenvalue weighted by atomic mass is 10.1. The normalized spacial score (nSPS) is 17.1. The summed E-state index contributed by atoms with van der Waals surface area (Å²) in [5.74, 6) is 2.13. The number of fused-ring (bicyclic) bond motifs is 1. The van der Waals surface area contributed by atoms with E-state index in [0.717, 1.165) is 29.9 Å². The van der Waals surface area contributed by atoms with Gasteiger partial charge >= 0.3 is 0 Å². The summed E-state index contributed by atoms with van der Waals surface area (Å²) in [5, 5.41) is 0. The summed E-state index contributed by atoms with van der Waals surface area (Å²) in [6.45, 7) is 5.97. The lowest BCUT2D eigenvalue weighted by molar-refractivity contribution is -0.134. The van der Waals surface area contributed by atoms with Crippen LogP contribution in [-0.4, -0.2) is 30.1 Å². The Kier molecular flexibility index (Phi) is 3.55. The molecule has 2 aliphatic rings. The number of rotatable bonds is 4. The summed E-state index contributed by atoms with van der Waals surface area (Å²) in [7, 11) is 0. The van der Waals surface area contributed by atoms with E-state index in [0.29, 0.717) is 19.8 Å². The quantitative estimate of drug-likeness (QED) is 0.848. The highest BCUT2D eigenvalue weighted by atomic mass is 16.6. The van der Waals surface area contributed by atoms with Crippen LogP contribution < -0.4 is 9.47 Å². The van der Waals surface area contributed by atoms with Crippen molar-refractivity contribution in [3.8, 4) is 11.5 Å². The van der Waals surface area contributed by atoms with Crippen LogP contribution in [0.1, 0.15) is 32.3 Å². The van der Waals surface area contributed by atoms with Crippen LogP contribution in [0.15, 0.2) is 18.2 Å². The van der Waals surface area contributed by atoms with Crippen molar-refractivity contribution in [3.63, 3.8) is 0 Å². The smallest absolute Gasteiger partial charge is 0.226 e. The van der Waals surface area contributed by atoms with E-state index >= 15 is 0 Å².